The van der Waals surface area contributed by atoms with E-state index in [0.29, 0.717) is 19.5 Å². The number of sulfonamides is 1. The van der Waals surface area contributed by atoms with Gasteiger partial charge in [-0.05, 0) is 18.8 Å². The average Bonchev–Trinajstić information content (AvgIpc) is 2.34. The van der Waals surface area contributed by atoms with E-state index in [1.807, 2.05) is 6.92 Å². The van der Waals surface area contributed by atoms with Gasteiger partial charge >= 0.3 is 0 Å². The Bertz CT molecular complexity index is 425. The van der Waals surface area contributed by atoms with E-state index in [2.05, 4.69) is 12.2 Å². The molecule has 0 unspecified atom stereocenters. The molecule has 6 nitrogen and oxygen atoms in total. The average molecular weight is 305 g/mol. The Morgan fingerprint density at radius 1 is 1.50 bits per heavy atom. The highest BCUT2D eigenvalue weighted by molar-refractivity contribution is 7.88. The molecule has 1 aliphatic heterocycles. The molecule has 7 heteroatoms. The number of hydrogen-bond acceptors (Lipinski definition) is 4. The zero-order valence-corrected chi connectivity index (χ0v) is 13.4. The van der Waals surface area contributed by atoms with E-state index in [-0.39, 0.29) is 23.9 Å². The fraction of sp³-hybridized carbons (Fsp3) is 0.923. The summed E-state index contributed by atoms with van der Waals surface area (Å²) in [6.45, 7) is 5.08. The third kappa shape index (κ3) is 5.03. The summed E-state index contributed by atoms with van der Waals surface area (Å²) in [6, 6.07) is -0.172. The van der Waals surface area contributed by atoms with Crippen molar-refractivity contribution in [3.05, 3.63) is 0 Å². The molecule has 1 heterocycles. The first-order valence-corrected chi connectivity index (χ1v) is 9.11. The number of rotatable bonds is 7. The molecule has 0 spiro atoms. The van der Waals surface area contributed by atoms with Crippen LogP contribution in [0.5, 0.6) is 0 Å². The quantitative estimate of drug-likeness (QED) is 0.707. The standard InChI is InChI=1S/C13H27N3O3S/c1-4-5-6-12(13(14)17)15-11-7-8-16(9-10(11)2)20(3,18)19/h10-12,15H,4-9H2,1-3H3,(H2,14,17)/t10-,11-,12+/m1/s1. The van der Waals surface area contributed by atoms with Crippen molar-refractivity contribution in [3.63, 3.8) is 0 Å². The Morgan fingerprint density at radius 3 is 2.60 bits per heavy atom. The summed E-state index contributed by atoms with van der Waals surface area (Å²) in [5, 5.41) is 3.32. The highest BCUT2D eigenvalue weighted by atomic mass is 32.2. The van der Waals surface area contributed by atoms with Gasteiger partial charge in [-0.25, -0.2) is 12.7 Å². The van der Waals surface area contributed by atoms with Crippen LogP contribution in [-0.2, 0) is 14.8 Å². The molecule has 0 saturated carbocycles. The van der Waals surface area contributed by atoms with E-state index >= 15 is 0 Å². The number of hydrogen-bond donors (Lipinski definition) is 2. The van der Waals surface area contributed by atoms with E-state index in [1.54, 1.807) is 0 Å². The summed E-state index contributed by atoms with van der Waals surface area (Å²) in [5.74, 6) is -0.154. The second-order valence-corrected chi connectivity index (χ2v) is 7.74. The first kappa shape index (κ1) is 17.4. The van der Waals surface area contributed by atoms with Crippen LogP contribution in [0.2, 0.25) is 0 Å². The van der Waals surface area contributed by atoms with E-state index in [9.17, 15) is 13.2 Å². The van der Waals surface area contributed by atoms with Crippen molar-refractivity contribution >= 4 is 15.9 Å². The maximum Gasteiger partial charge on any atom is 0.234 e. The molecule has 1 aliphatic rings. The maximum absolute atomic E-state index is 11.5. The van der Waals surface area contributed by atoms with Crippen molar-refractivity contribution in [3.8, 4) is 0 Å². The Hall–Kier alpha value is -0.660. The molecule has 1 saturated heterocycles. The van der Waals surface area contributed by atoms with Gasteiger partial charge in [0.2, 0.25) is 15.9 Å². The second kappa shape index (κ2) is 7.38. The van der Waals surface area contributed by atoms with Crippen LogP contribution in [0.3, 0.4) is 0 Å². The van der Waals surface area contributed by atoms with Gasteiger partial charge in [-0.3, -0.25) is 4.79 Å². The molecule has 0 bridgehead atoms. The predicted octanol–water partition coefficient (Wildman–Crippen LogP) is 0.290. The highest BCUT2D eigenvalue weighted by Gasteiger charge is 2.32. The van der Waals surface area contributed by atoms with Crippen LogP contribution in [-0.4, -0.2) is 50.1 Å². The minimum atomic E-state index is -3.13. The molecule has 0 aromatic heterocycles. The van der Waals surface area contributed by atoms with Crippen LogP contribution < -0.4 is 11.1 Å². The van der Waals surface area contributed by atoms with Crippen LogP contribution in [0.15, 0.2) is 0 Å². The van der Waals surface area contributed by atoms with Gasteiger partial charge in [0.25, 0.3) is 0 Å². The molecule has 3 N–H and O–H groups in total. The first-order chi connectivity index (χ1) is 9.25. The van der Waals surface area contributed by atoms with Crippen LogP contribution in [0, 0.1) is 5.92 Å². The molecule has 1 amide bonds. The molecule has 20 heavy (non-hydrogen) atoms. The van der Waals surface area contributed by atoms with Crippen molar-refractivity contribution in [2.24, 2.45) is 11.7 Å². The summed E-state index contributed by atoms with van der Waals surface area (Å²) < 4.78 is 24.6. The molecule has 0 aromatic rings. The summed E-state index contributed by atoms with van der Waals surface area (Å²) >= 11 is 0. The zero-order chi connectivity index (χ0) is 15.3. The minimum Gasteiger partial charge on any atom is -0.368 e. The number of carbonyl (C=O) groups excluding carboxylic acids is 1. The van der Waals surface area contributed by atoms with Crippen LogP contribution >= 0.6 is 0 Å². The van der Waals surface area contributed by atoms with Gasteiger partial charge in [0.05, 0.1) is 12.3 Å². The Balaban J connectivity index is 2.58. The monoisotopic (exact) mass is 305 g/mol. The number of carbonyl (C=O) groups is 1. The highest BCUT2D eigenvalue weighted by Crippen LogP contribution is 2.20. The number of amides is 1. The SMILES string of the molecule is CCCC[C@H](N[C@@H]1CCN(S(C)(=O)=O)C[C@H]1C)C(N)=O. The lowest BCUT2D eigenvalue weighted by Crippen LogP contribution is -2.54. The van der Waals surface area contributed by atoms with Gasteiger partial charge in [0, 0.05) is 19.1 Å². The van der Waals surface area contributed by atoms with Crippen LogP contribution in [0.25, 0.3) is 0 Å². The molecule has 0 radical (unpaired) electrons. The number of nitrogens with zero attached hydrogens (tertiary/aromatic N) is 1. The number of nitrogens with one attached hydrogen (secondary N) is 1. The Morgan fingerprint density at radius 2 is 2.15 bits per heavy atom. The lowest BCUT2D eigenvalue weighted by molar-refractivity contribution is -0.120. The summed E-state index contributed by atoms with van der Waals surface area (Å²) in [4.78, 5) is 11.5. The zero-order valence-electron chi connectivity index (χ0n) is 12.6. The van der Waals surface area contributed by atoms with Crippen LogP contribution in [0.1, 0.15) is 39.5 Å². The Kier molecular flexibility index (Phi) is 6.42. The Labute approximate surface area is 122 Å². The van der Waals surface area contributed by atoms with Gasteiger partial charge in [0.15, 0.2) is 0 Å². The van der Waals surface area contributed by atoms with Crippen molar-refractivity contribution in [1.82, 2.24) is 9.62 Å². The normalized spacial score (nSPS) is 26.4. The molecule has 1 fully saturated rings. The number of nitrogens with two attached hydrogens (primary N) is 1. The van der Waals surface area contributed by atoms with Crippen molar-refractivity contribution in [2.75, 3.05) is 19.3 Å². The molecule has 3 atom stereocenters. The second-order valence-electron chi connectivity index (χ2n) is 5.76. The fourth-order valence-corrected chi connectivity index (χ4v) is 3.57. The van der Waals surface area contributed by atoms with Crippen molar-refractivity contribution in [2.45, 2.75) is 51.6 Å². The number of primary amides is 1. The molecular formula is C13H27N3O3S. The number of unbranched alkanes of at least 4 members (excludes halogenated alkanes) is 1. The van der Waals surface area contributed by atoms with E-state index < -0.39 is 10.0 Å². The van der Waals surface area contributed by atoms with E-state index in [0.717, 1.165) is 19.3 Å². The third-order valence-electron chi connectivity index (χ3n) is 3.94. The molecular weight excluding hydrogens is 278 g/mol. The predicted molar refractivity (Wildman–Crippen MR) is 79.6 cm³/mol. The van der Waals surface area contributed by atoms with Gasteiger partial charge in [-0.15, -0.1) is 0 Å². The molecule has 1 rings (SSSR count). The van der Waals surface area contributed by atoms with Crippen LogP contribution in [0.4, 0.5) is 0 Å². The summed E-state index contributed by atoms with van der Waals surface area (Å²) in [5.41, 5.74) is 5.43. The first-order valence-electron chi connectivity index (χ1n) is 7.26. The lowest BCUT2D eigenvalue weighted by Gasteiger charge is -2.37. The topological polar surface area (TPSA) is 92.5 Å². The van der Waals surface area contributed by atoms with E-state index in [1.165, 1.54) is 10.6 Å². The van der Waals surface area contributed by atoms with Gasteiger partial charge in [-0.2, -0.15) is 0 Å². The minimum absolute atomic E-state index is 0.141. The third-order valence-corrected chi connectivity index (χ3v) is 5.21. The van der Waals surface area contributed by atoms with Crippen molar-refractivity contribution < 1.29 is 13.2 Å². The van der Waals surface area contributed by atoms with Crippen molar-refractivity contribution in [1.29, 1.82) is 0 Å². The summed E-state index contributed by atoms with van der Waals surface area (Å²) in [7, 11) is -3.13. The smallest absolute Gasteiger partial charge is 0.234 e. The van der Waals surface area contributed by atoms with Gasteiger partial charge < -0.3 is 11.1 Å². The number of piperidine rings is 1. The largest absolute Gasteiger partial charge is 0.368 e. The summed E-state index contributed by atoms with van der Waals surface area (Å²) in [6.07, 6.45) is 4.67. The fourth-order valence-electron chi connectivity index (χ4n) is 2.63. The molecule has 118 valence electrons. The van der Waals surface area contributed by atoms with Gasteiger partial charge in [0.1, 0.15) is 0 Å². The van der Waals surface area contributed by atoms with Gasteiger partial charge in [-0.1, -0.05) is 26.7 Å². The molecule has 0 aromatic carbocycles. The molecule has 0 aliphatic carbocycles. The lowest BCUT2D eigenvalue weighted by atomic mass is 9.93. The maximum atomic E-state index is 11.5. The van der Waals surface area contributed by atoms with E-state index in [4.69, 9.17) is 5.73 Å².